The van der Waals surface area contributed by atoms with Crippen LogP contribution in [-0.4, -0.2) is 12.6 Å². The van der Waals surface area contributed by atoms with Crippen LogP contribution >= 0.6 is 0 Å². The topological polar surface area (TPSA) is 12.0 Å². The van der Waals surface area contributed by atoms with Crippen LogP contribution in [0.1, 0.15) is 66.7 Å². The molecule has 0 radical (unpaired) electrons. The third-order valence-corrected chi connectivity index (χ3v) is 3.86. The number of hydrogen-bond donors (Lipinski definition) is 1. The molecule has 2 unspecified atom stereocenters. The second kappa shape index (κ2) is 6.05. The molecular weight excluding hydrogens is 194 g/mol. The highest BCUT2D eigenvalue weighted by molar-refractivity contribution is 4.87. The van der Waals surface area contributed by atoms with Crippen molar-refractivity contribution in [2.45, 2.75) is 72.8 Å². The van der Waals surface area contributed by atoms with Crippen molar-refractivity contribution in [1.82, 2.24) is 5.32 Å². The molecule has 1 saturated carbocycles. The van der Waals surface area contributed by atoms with Crippen LogP contribution in [0.25, 0.3) is 0 Å². The Labute approximate surface area is 102 Å². The zero-order valence-corrected chi connectivity index (χ0v) is 12.0. The third kappa shape index (κ3) is 5.34. The van der Waals surface area contributed by atoms with E-state index in [1.807, 2.05) is 0 Å². The van der Waals surface area contributed by atoms with Crippen LogP contribution in [0.3, 0.4) is 0 Å². The predicted molar refractivity (Wildman–Crippen MR) is 72.7 cm³/mol. The maximum absolute atomic E-state index is 3.76. The molecule has 1 heteroatoms. The molecule has 0 heterocycles. The molecule has 1 fully saturated rings. The summed E-state index contributed by atoms with van der Waals surface area (Å²) >= 11 is 0. The van der Waals surface area contributed by atoms with Gasteiger partial charge in [0.2, 0.25) is 0 Å². The smallest absolute Gasteiger partial charge is 0.00955 e. The quantitative estimate of drug-likeness (QED) is 0.684. The van der Waals surface area contributed by atoms with E-state index in [9.17, 15) is 0 Å². The molecule has 0 aromatic rings. The van der Waals surface area contributed by atoms with Crippen LogP contribution in [0.2, 0.25) is 0 Å². The van der Waals surface area contributed by atoms with E-state index >= 15 is 0 Å². The van der Waals surface area contributed by atoms with E-state index in [2.05, 4.69) is 39.9 Å². The van der Waals surface area contributed by atoms with E-state index in [-0.39, 0.29) is 0 Å². The van der Waals surface area contributed by atoms with Crippen molar-refractivity contribution in [3.8, 4) is 0 Å². The fourth-order valence-electron chi connectivity index (χ4n) is 2.42. The first-order chi connectivity index (χ1) is 7.44. The Balaban J connectivity index is 2.36. The summed E-state index contributed by atoms with van der Waals surface area (Å²) in [6.07, 6.45) is 6.89. The van der Waals surface area contributed by atoms with Crippen molar-refractivity contribution in [2.24, 2.45) is 17.3 Å². The molecule has 0 saturated heterocycles. The molecule has 1 aliphatic carbocycles. The van der Waals surface area contributed by atoms with Crippen molar-refractivity contribution in [3.63, 3.8) is 0 Å². The minimum absolute atomic E-state index is 0.482. The molecule has 1 nitrogen and oxygen atoms in total. The average Bonchev–Trinajstić information content (AvgIpc) is 2.98. The fraction of sp³-hybridized carbons (Fsp3) is 1.00. The first-order valence-corrected chi connectivity index (χ1v) is 7.17. The Hall–Kier alpha value is -0.0400. The number of hydrogen-bond acceptors (Lipinski definition) is 1. The van der Waals surface area contributed by atoms with Gasteiger partial charge in [0.15, 0.2) is 0 Å². The van der Waals surface area contributed by atoms with Gasteiger partial charge in [-0.15, -0.1) is 0 Å². The molecule has 0 bridgehead atoms. The largest absolute Gasteiger partial charge is 0.314 e. The number of nitrogens with one attached hydrogen (secondary N) is 1. The summed E-state index contributed by atoms with van der Waals surface area (Å²) in [7, 11) is 0. The van der Waals surface area contributed by atoms with E-state index in [4.69, 9.17) is 0 Å². The first kappa shape index (κ1) is 14.0. The minimum atomic E-state index is 0.482. The van der Waals surface area contributed by atoms with Crippen LogP contribution in [0.5, 0.6) is 0 Å². The van der Waals surface area contributed by atoms with Gasteiger partial charge in [-0.1, -0.05) is 34.6 Å². The van der Waals surface area contributed by atoms with Crippen molar-refractivity contribution in [3.05, 3.63) is 0 Å². The standard InChI is InChI=1S/C15H31N/c1-6-11-16-14(9-10-15(3,4)5)12(2)13-7-8-13/h12-14,16H,6-11H2,1-5H3. The highest BCUT2D eigenvalue weighted by Crippen LogP contribution is 2.39. The maximum Gasteiger partial charge on any atom is 0.00955 e. The van der Waals surface area contributed by atoms with Crippen LogP contribution in [0.4, 0.5) is 0 Å². The second-order valence-corrected chi connectivity index (χ2v) is 6.86. The van der Waals surface area contributed by atoms with E-state index < -0.39 is 0 Å². The molecule has 0 amide bonds. The Morgan fingerprint density at radius 3 is 2.31 bits per heavy atom. The van der Waals surface area contributed by atoms with Crippen molar-refractivity contribution < 1.29 is 0 Å². The normalized spacial score (nSPS) is 20.8. The summed E-state index contributed by atoms with van der Waals surface area (Å²) in [5.41, 5.74) is 0.482. The molecule has 0 aromatic carbocycles. The van der Waals surface area contributed by atoms with Crippen LogP contribution in [0.15, 0.2) is 0 Å². The lowest BCUT2D eigenvalue weighted by Gasteiger charge is -2.28. The summed E-state index contributed by atoms with van der Waals surface area (Å²) in [5.74, 6) is 1.91. The molecule has 1 N–H and O–H groups in total. The lowest BCUT2D eigenvalue weighted by molar-refractivity contribution is 0.271. The second-order valence-electron chi connectivity index (χ2n) is 6.86. The summed E-state index contributed by atoms with van der Waals surface area (Å²) in [6, 6.07) is 0.756. The average molecular weight is 225 g/mol. The third-order valence-electron chi connectivity index (χ3n) is 3.86. The van der Waals surface area contributed by atoms with Crippen molar-refractivity contribution in [1.29, 1.82) is 0 Å². The van der Waals surface area contributed by atoms with E-state index in [0.29, 0.717) is 5.41 Å². The fourth-order valence-corrected chi connectivity index (χ4v) is 2.42. The van der Waals surface area contributed by atoms with Gasteiger partial charge in [-0.2, -0.15) is 0 Å². The Morgan fingerprint density at radius 2 is 1.88 bits per heavy atom. The summed E-state index contributed by atoms with van der Waals surface area (Å²) in [4.78, 5) is 0. The molecule has 1 rings (SSSR count). The molecule has 2 atom stereocenters. The van der Waals surface area contributed by atoms with Gasteiger partial charge < -0.3 is 5.32 Å². The Kier molecular flexibility index (Phi) is 5.30. The van der Waals surface area contributed by atoms with Gasteiger partial charge in [0.1, 0.15) is 0 Å². The lowest BCUT2D eigenvalue weighted by atomic mass is 9.84. The Bertz CT molecular complexity index is 188. The van der Waals surface area contributed by atoms with Crippen molar-refractivity contribution >= 4 is 0 Å². The predicted octanol–water partition coefficient (Wildman–Crippen LogP) is 4.23. The van der Waals surface area contributed by atoms with Gasteiger partial charge in [0.25, 0.3) is 0 Å². The molecule has 0 aliphatic heterocycles. The number of rotatable bonds is 7. The van der Waals surface area contributed by atoms with Gasteiger partial charge in [-0.25, -0.2) is 0 Å². The zero-order chi connectivity index (χ0) is 12.2. The highest BCUT2D eigenvalue weighted by atomic mass is 14.9. The van der Waals surface area contributed by atoms with Gasteiger partial charge in [0, 0.05) is 6.04 Å². The Morgan fingerprint density at radius 1 is 1.25 bits per heavy atom. The lowest BCUT2D eigenvalue weighted by Crippen LogP contribution is -2.37. The van der Waals surface area contributed by atoms with Gasteiger partial charge >= 0.3 is 0 Å². The van der Waals surface area contributed by atoms with E-state index in [1.165, 1.54) is 38.6 Å². The SMILES string of the molecule is CCCNC(CCC(C)(C)C)C(C)C1CC1. The summed E-state index contributed by atoms with van der Waals surface area (Å²) in [5, 5.41) is 3.76. The minimum Gasteiger partial charge on any atom is -0.314 e. The zero-order valence-electron chi connectivity index (χ0n) is 12.0. The molecular formula is C15H31N. The van der Waals surface area contributed by atoms with E-state index in [1.54, 1.807) is 0 Å². The molecule has 0 spiro atoms. The van der Waals surface area contributed by atoms with Crippen molar-refractivity contribution in [2.75, 3.05) is 6.54 Å². The van der Waals surface area contributed by atoms with Gasteiger partial charge in [0.05, 0.1) is 0 Å². The molecule has 16 heavy (non-hydrogen) atoms. The van der Waals surface area contributed by atoms with E-state index in [0.717, 1.165) is 17.9 Å². The van der Waals surface area contributed by atoms with Gasteiger partial charge in [-0.3, -0.25) is 0 Å². The first-order valence-electron chi connectivity index (χ1n) is 7.17. The molecule has 1 aliphatic rings. The highest BCUT2D eigenvalue weighted by Gasteiger charge is 2.33. The monoisotopic (exact) mass is 225 g/mol. The van der Waals surface area contributed by atoms with Crippen LogP contribution < -0.4 is 5.32 Å². The molecule has 96 valence electrons. The maximum atomic E-state index is 3.76. The molecule has 0 aromatic heterocycles. The summed E-state index contributed by atoms with van der Waals surface area (Å²) < 4.78 is 0. The van der Waals surface area contributed by atoms with Gasteiger partial charge in [-0.05, 0) is 55.9 Å². The van der Waals surface area contributed by atoms with Crippen LogP contribution in [0, 0.1) is 17.3 Å². The van der Waals surface area contributed by atoms with Crippen LogP contribution in [-0.2, 0) is 0 Å². The summed E-state index contributed by atoms with van der Waals surface area (Å²) in [6.45, 7) is 13.0.